The third-order valence-corrected chi connectivity index (χ3v) is 1.50. The lowest BCUT2D eigenvalue weighted by Gasteiger charge is -2.14. The normalized spacial score (nSPS) is 11.2. The summed E-state index contributed by atoms with van der Waals surface area (Å²) in [7, 11) is 1.56. The first-order chi connectivity index (χ1) is 6.85. The third-order valence-electron chi connectivity index (χ3n) is 1.50. The molecule has 0 spiro atoms. The van der Waals surface area contributed by atoms with E-state index >= 15 is 0 Å². The van der Waals surface area contributed by atoms with Crippen molar-refractivity contribution in [2.75, 3.05) is 26.7 Å². The van der Waals surface area contributed by atoms with Crippen LogP contribution in [0.25, 0.3) is 0 Å². The van der Waals surface area contributed by atoms with Gasteiger partial charge in [-0.05, 0) is 7.05 Å². The lowest BCUT2D eigenvalue weighted by atomic mass is 10.4. The Morgan fingerprint density at radius 1 is 1.53 bits per heavy atom. The molecular weight excluding hydrogens is 211 g/mol. The number of nitrogens with zero attached hydrogens (tertiary/aromatic N) is 2. The summed E-state index contributed by atoms with van der Waals surface area (Å²) < 4.78 is 35.1. The fourth-order valence-electron chi connectivity index (χ4n) is 0.820. The van der Waals surface area contributed by atoms with Crippen LogP contribution in [0.15, 0.2) is 0 Å². The zero-order chi connectivity index (χ0) is 11.9. The van der Waals surface area contributed by atoms with E-state index in [0.717, 1.165) is 0 Å². The molecule has 86 valence electrons. The number of amides is 1. The van der Waals surface area contributed by atoms with Crippen molar-refractivity contribution in [1.29, 1.82) is 5.26 Å². The maximum atomic E-state index is 11.7. The van der Waals surface area contributed by atoms with Gasteiger partial charge in [0, 0.05) is 13.0 Å². The third kappa shape index (κ3) is 9.02. The molecule has 1 N–H and O–H groups in total. The molecule has 0 aliphatic heterocycles. The molecular formula is C8H12F3N3O. The number of likely N-dealkylation sites (N-methyl/N-ethyl adjacent to an activating group) is 1. The predicted octanol–water partition coefficient (Wildman–Crippen LogP) is 0.510. The first-order valence-electron chi connectivity index (χ1n) is 4.24. The zero-order valence-electron chi connectivity index (χ0n) is 8.26. The fourth-order valence-corrected chi connectivity index (χ4v) is 0.820. The number of halogens is 3. The van der Waals surface area contributed by atoms with Crippen LogP contribution in [-0.2, 0) is 4.79 Å². The number of nitrogens with one attached hydrogen (secondary N) is 1. The number of hydrogen-bond donors (Lipinski definition) is 1. The quantitative estimate of drug-likeness (QED) is 0.738. The highest BCUT2D eigenvalue weighted by Crippen LogP contribution is 2.11. The van der Waals surface area contributed by atoms with Crippen molar-refractivity contribution in [2.45, 2.75) is 12.6 Å². The number of nitriles is 1. The molecule has 0 aromatic carbocycles. The minimum absolute atomic E-state index is 0.141. The Morgan fingerprint density at radius 3 is 2.60 bits per heavy atom. The smallest absolute Gasteiger partial charge is 0.346 e. The number of carbonyl (C=O) groups is 1. The average molecular weight is 223 g/mol. The maximum Gasteiger partial charge on any atom is 0.405 e. The van der Waals surface area contributed by atoms with Gasteiger partial charge in [0.1, 0.15) is 6.54 Å². The first kappa shape index (κ1) is 13.7. The SMILES string of the molecule is CN(CCC#N)CC(=O)NCC(F)(F)F. The second-order valence-corrected chi connectivity index (χ2v) is 3.04. The first-order valence-corrected chi connectivity index (χ1v) is 4.24. The van der Waals surface area contributed by atoms with Crippen molar-refractivity contribution in [2.24, 2.45) is 0 Å². The molecule has 4 nitrogen and oxygen atoms in total. The number of alkyl halides is 3. The van der Waals surface area contributed by atoms with E-state index in [2.05, 4.69) is 0 Å². The van der Waals surface area contributed by atoms with E-state index in [-0.39, 0.29) is 13.0 Å². The molecule has 1 amide bonds. The number of carbonyl (C=O) groups excluding carboxylic acids is 1. The van der Waals surface area contributed by atoms with Crippen molar-refractivity contribution in [3.05, 3.63) is 0 Å². The lowest BCUT2D eigenvalue weighted by Crippen LogP contribution is -2.40. The van der Waals surface area contributed by atoms with E-state index in [1.165, 1.54) is 4.90 Å². The molecule has 0 saturated carbocycles. The van der Waals surface area contributed by atoms with E-state index in [9.17, 15) is 18.0 Å². The van der Waals surface area contributed by atoms with E-state index in [1.54, 1.807) is 12.4 Å². The van der Waals surface area contributed by atoms with Crippen molar-refractivity contribution in [3.63, 3.8) is 0 Å². The number of rotatable bonds is 5. The van der Waals surface area contributed by atoms with Gasteiger partial charge in [0.05, 0.1) is 12.6 Å². The fraction of sp³-hybridized carbons (Fsp3) is 0.750. The minimum Gasteiger partial charge on any atom is -0.346 e. The summed E-state index contributed by atoms with van der Waals surface area (Å²) in [5.74, 6) is -0.701. The highest BCUT2D eigenvalue weighted by molar-refractivity contribution is 5.77. The second kappa shape index (κ2) is 6.24. The summed E-state index contributed by atoms with van der Waals surface area (Å²) in [5.41, 5.74) is 0. The van der Waals surface area contributed by atoms with Gasteiger partial charge in [-0.15, -0.1) is 0 Å². The van der Waals surface area contributed by atoms with Crippen LogP contribution in [-0.4, -0.2) is 43.7 Å². The van der Waals surface area contributed by atoms with Crippen molar-refractivity contribution in [3.8, 4) is 6.07 Å². The highest BCUT2D eigenvalue weighted by atomic mass is 19.4. The number of hydrogen-bond acceptors (Lipinski definition) is 3. The topological polar surface area (TPSA) is 56.1 Å². The van der Waals surface area contributed by atoms with Crippen LogP contribution in [0.2, 0.25) is 0 Å². The maximum absolute atomic E-state index is 11.7. The predicted molar refractivity (Wildman–Crippen MR) is 46.8 cm³/mol. The molecule has 0 unspecified atom stereocenters. The summed E-state index contributed by atoms with van der Waals surface area (Å²) in [6, 6.07) is 1.87. The molecule has 0 bridgehead atoms. The summed E-state index contributed by atoms with van der Waals surface area (Å²) in [4.78, 5) is 12.4. The monoisotopic (exact) mass is 223 g/mol. The molecule has 0 rings (SSSR count). The van der Waals surface area contributed by atoms with Crippen molar-refractivity contribution in [1.82, 2.24) is 10.2 Å². The minimum atomic E-state index is -4.39. The lowest BCUT2D eigenvalue weighted by molar-refractivity contribution is -0.138. The molecule has 0 aromatic heterocycles. The van der Waals surface area contributed by atoms with Gasteiger partial charge in [-0.2, -0.15) is 18.4 Å². The van der Waals surface area contributed by atoms with Crippen LogP contribution in [0, 0.1) is 11.3 Å². The van der Waals surface area contributed by atoms with E-state index in [4.69, 9.17) is 5.26 Å². The van der Waals surface area contributed by atoms with Gasteiger partial charge in [0.25, 0.3) is 0 Å². The van der Waals surface area contributed by atoms with E-state index < -0.39 is 18.6 Å². The van der Waals surface area contributed by atoms with Crippen molar-refractivity contribution < 1.29 is 18.0 Å². The van der Waals surface area contributed by atoms with Crippen LogP contribution in [0.5, 0.6) is 0 Å². The standard InChI is InChI=1S/C8H12F3N3O/c1-14(4-2-3-12)5-7(15)13-6-8(9,10)11/h2,4-6H2,1H3,(H,13,15). The molecule has 0 aliphatic rings. The molecule has 0 aromatic rings. The molecule has 0 fully saturated rings. The van der Waals surface area contributed by atoms with Gasteiger partial charge in [-0.3, -0.25) is 9.69 Å². The van der Waals surface area contributed by atoms with Crippen LogP contribution < -0.4 is 5.32 Å². The van der Waals surface area contributed by atoms with E-state index in [1.807, 2.05) is 6.07 Å². The molecule has 0 aliphatic carbocycles. The Hall–Kier alpha value is -1.29. The summed E-state index contributed by atoms with van der Waals surface area (Å²) in [6.07, 6.45) is -4.15. The molecule has 7 heteroatoms. The average Bonchev–Trinajstić information content (AvgIpc) is 2.10. The molecule has 0 saturated heterocycles. The van der Waals surface area contributed by atoms with Crippen LogP contribution in [0.4, 0.5) is 13.2 Å². The van der Waals surface area contributed by atoms with Gasteiger partial charge in [-0.25, -0.2) is 0 Å². The van der Waals surface area contributed by atoms with Gasteiger partial charge < -0.3 is 5.32 Å². The van der Waals surface area contributed by atoms with Gasteiger partial charge in [-0.1, -0.05) is 0 Å². The second-order valence-electron chi connectivity index (χ2n) is 3.04. The Bertz CT molecular complexity index is 246. The Labute approximate surface area is 85.7 Å². The van der Waals surface area contributed by atoms with Crippen LogP contribution in [0.1, 0.15) is 6.42 Å². The van der Waals surface area contributed by atoms with Gasteiger partial charge >= 0.3 is 6.18 Å². The largest absolute Gasteiger partial charge is 0.405 e. The Kier molecular flexibility index (Phi) is 5.70. The molecule has 15 heavy (non-hydrogen) atoms. The Balaban J connectivity index is 3.70. The highest BCUT2D eigenvalue weighted by Gasteiger charge is 2.27. The Morgan fingerprint density at radius 2 is 2.13 bits per heavy atom. The van der Waals surface area contributed by atoms with Crippen molar-refractivity contribution >= 4 is 5.91 Å². The van der Waals surface area contributed by atoms with Crippen LogP contribution >= 0.6 is 0 Å². The molecule has 0 radical (unpaired) electrons. The summed E-state index contributed by atoms with van der Waals surface area (Å²) in [5, 5.41) is 9.97. The van der Waals surface area contributed by atoms with E-state index in [0.29, 0.717) is 6.54 Å². The molecule has 0 atom stereocenters. The van der Waals surface area contributed by atoms with Gasteiger partial charge in [0.15, 0.2) is 0 Å². The van der Waals surface area contributed by atoms with Crippen LogP contribution in [0.3, 0.4) is 0 Å². The van der Waals surface area contributed by atoms with Gasteiger partial charge in [0.2, 0.25) is 5.91 Å². The summed E-state index contributed by atoms with van der Waals surface area (Å²) in [6.45, 7) is -1.11. The molecule has 0 heterocycles. The zero-order valence-corrected chi connectivity index (χ0v) is 8.26. The summed E-state index contributed by atoms with van der Waals surface area (Å²) >= 11 is 0.